The second kappa shape index (κ2) is 4.22. The number of anilines is 1. The number of carboxylic acid groups (broad SMARTS) is 1. The van der Waals surface area contributed by atoms with Crippen LogP contribution >= 0.6 is 11.6 Å². The molecule has 0 aliphatic heterocycles. The molecule has 0 heterocycles. The Morgan fingerprint density at radius 2 is 2.25 bits per heavy atom. The summed E-state index contributed by atoms with van der Waals surface area (Å²) in [6.45, 7) is 0.572. The van der Waals surface area contributed by atoms with Crippen LogP contribution in [0.25, 0.3) is 0 Å². The van der Waals surface area contributed by atoms with Crippen molar-refractivity contribution in [3.8, 4) is 5.75 Å². The first-order valence-corrected chi connectivity index (χ1v) is 5.41. The van der Waals surface area contributed by atoms with Gasteiger partial charge in [-0.1, -0.05) is 11.6 Å². The Balaban J connectivity index is 2.24. The first-order valence-electron chi connectivity index (χ1n) is 5.03. The standard InChI is InChI=1S/C11H12ClNO3/c12-10-8(11(14)15)3-7(13)4-9(10)16-5-6-1-2-6/h3-4,6H,1-2,5,13H2,(H,14,15). The van der Waals surface area contributed by atoms with Crippen molar-refractivity contribution >= 4 is 23.3 Å². The summed E-state index contributed by atoms with van der Waals surface area (Å²) in [5.74, 6) is -0.176. The lowest BCUT2D eigenvalue weighted by Gasteiger charge is -2.10. The minimum Gasteiger partial charge on any atom is -0.492 e. The zero-order valence-corrected chi connectivity index (χ0v) is 9.33. The molecule has 0 spiro atoms. The maximum absolute atomic E-state index is 10.9. The van der Waals surface area contributed by atoms with E-state index in [1.54, 1.807) is 6.07 Å². The van der Waals surface area contributed by atoms with Crippen molar-refractivity contribution < 1.29 is 14.6 Å². The van der Waals surface area contributed by atoms with Gasteiger partial charge in [-0.05, 0) is 24.8 Å². The van der Waals surface area contributed by atoms with Crippen LogP contribution in [-0.2, 0) is 0 Å². The quantitative estimate of drug-likeness (QED) is 0.794. The lowest BCUT2D eigenvalue weighted by molar-refractivity contribution is 0.0696. The summed E-state index contributed by atoms with van der Waals surface area (Å²) >= 11 is 5.92. The molecule has 16 heavy (non-hydrogen) atoms. The number of nitrogen functional groups attached to an aromatic ring is 1. The molecule has 1 aliphatic carbocycles. The third-order valence-corrected chi connectivity index (χ3v) is 2.85. The van der Waals surface area contributed by atoms with Gasteiger partial charge in [0.25, 0.3) is 0 Å². The summed E-state index contributed by atoms with van der Waals surface area (Å²) in [6, 6.07) is 2.88. The molecular weight excluding hydrogens is 230 g/mol. The van der Waals surface area contributed by atoms with Crippen molar-refractivity contribution in [3.05, 3.63) is 22.7 Å². The molecule has 0 amide bonds. The van der Waals surface area contributed by atoms with Gasteiger partial charge in [0.15, 0.2) is 0 Å². The van der Waals surface area contributed by atoms with Crippen molar-refractivity contribution in [2.75, 3.05) is 12.3 Å². The fraction of sp³-hybridized carbons (Fsp3) is 0.364. The fourth-order valence-corrected chi connectivity index (χ4v) is 1.62. The van der Waals surface area contributed by atoms with Crippen LogP contribution in [0.3, 0.4) is 0 Å². The zero-order chi connectivity index (χ0) is 11.7. The highest BCUT2D eigenvalue weighted by Crippen LogP contribution is 2.34. The number of aromatic carboxylic acids is 1. The highest BCUT2D eigenvalue weighted by Gasteiger charge is 2.23. The van der Waals surface area contributed by atoms with Crippen molar-refractivity contribution in [2.45, 2.75) is 12.8 Å². The van der Waals surface area contributed by atoms with Gasteiger partial charge in [0.05, 0.1) is 17.2 Å². The smallest absolute Gasteiger partial charge is 0.337 e. The molecule has 86 valence electrons. The Kier molecular flexibility index (Phi) is 2.92. The number of halogens is 1. The molecule has 0 saturated heterocycles. The SMILES string of the molecule is Nc1cc(OCC2CC2)c(Cl)c(C(=O)O)c1. The Morgan fingerprint density at radius 1 is 1.56 bits per heavy atom. The molecule has 5 heteroatoms. The summed E-state index contributed by atoms with van der Waals surface area (Å²) < 4.78 is 5.46. The van der Waals surface area contributed by atoms with Crippen LogP contribution in [0.1, 0.15) is 23.2 Å². The van der Waals surface area contributed by atoms with Gasteiger partial charge < -0.3 is 15.6 Å². The van der Waals surface area contributed by atoms with E-state index in [0.717, 1.165) is 12.8 Å². The highest BCUT2D eigenvalue weighted by atomic mass is 35.5. The Labute approximate surface area is 98.0 Å². The molecule has 0 radical (unpaired) electrons. The summed E-state index contributed by atoms with van der Waals surface area (Å²) in [6.07, 6.45) is 2.32. The molecule has 0 atom stereocenters. The highest BCUT2D eigenvalue weighted by molar-refractivity contribution is 6.35. The Morgan fingerprint density at radius 3 is 2.81 bits per heavy atom. The number of rotatable bonds is 4. The Bertz CT molecular complexity index is 429. The topological polar surface area (TPSA) is 72.5 Å². The number of nitrogens with two attached hydrogens (primary N) is 1. The molecule has 0 bridgehead atoms. The van der Waals surface area contributed by atoms with E-state index in [-0.39, 0.29) is 10.6 Å². The predicted molar refractivity (Wildman–Crippen MR) is 61.0 cm³/mol. The van der Waals surface area contributed by atoms with Gasteiger partial charge in [0.1, 0.15) is 5.75 Å². The second-order valence-corrected chi connectivity index (χ2v) is 4.32. The maximum atomic E-state index is 10.9. The maximum Gasteiger partial charge on any atom is 0.337 e. The van der Waals surface area contributed by atoms with Crippen molar-refractivity contribution in [1.29, 1.82) is 0 Å². The average molecular weight is 242 g/mol. The molecule has 4 nitrogen and oxygen atoms in total. The van der Waals surface area contributed by atoms with Gasteiger partial charge in [0, 0.05) is 11.8 Å². The molecular formula is C11H12ClNO3. The van der Waals surface area contributed by atoms with Crippen LogP contribution in [0.2, 0.25) is 5.02 Å². The first kappa shape index (κ1) is 11.1. The van der Waals surface area contributed by atoms with E-state index in [4.69, 9.17) is 27.2 Å². The van der Waals surface area contributed by atoms with Crippen molar-refractivity contribution in [1.82, 2.24) is 0 Å². The van der Waals surface area contributed by atoms with Crippen molar-refractivity contribution in [3.63, 3.8) is 0 Å². The van der Waals surface area contributed by atoms with Crippen LogP contribution in [0.5, 0.6) is 5.75 Å². The molecule has 1 aromatic carbocycles. The molecule has 1 saturated carbocycles. The fourth-order valence-electron chi connectivity index (χ4n) is 1.37. The summed E-state index contributed by atoms with van der Waals surface area (Å²) in [7, 11) is 0. The van der Waals surface area contributed by atoms with Crippen LogP contribution < -0.4 is 10.5 Å². The normalized spacial score (nSPS) is 14.8. The molecule has 2 rings (SSSR count). The van der Waals surface area contributed by atoms with Gasteiger partial charge in [-0.3, -0.25) is 0 Å². The molecule has 1 fully saturated rings. The van der Waals surface area contributed by atoms with E-state index in [1.807, 2.05) is 0 Å². The predicted octanol–water partition coefficient (Wildman–Crippen LogP) is 2.41. The summed E-state index contributed by atoms with van der Waals surface area (Å²) in [5.41, 5.74) is 5.91. The zero-order valence-electron chi connectivity index (χ0n) is 8.57. The molecule has 1 aliphatic rings. The van der Waals surface area contributed by atoms with E-state index in [0.29, 0.717) is 24.0 Å². The number of carbonyl (C=O) groups is 1. The number of benzene rings is 1. The van der Waals surface area contributed by atoms with Crippen LogP contribution in [-0.4, -0.2) is 17.7 Å². The van der Waals surface area contributed by atoms with Gasteiger partial charge in [-0.25, -0.2) is 4.79 Å². The van der Waals surface area contributed by atoms with E-state index in [1.165, 1.54) is 6.07 Å². The molecule has 1 aromatic rings. The summed E-state index contributed by atoms with van der Waals surface area (Å²) in [4.78, 5) is 10.9. The number of hydrogen-bond acceptors (Lipinski definition) is 3. The van der Waals surface area contributed by atoms with E-state index in [2.05, 4.69) is 0 Å². The van der Waals surface area contributed by atoms with Crippen molar-refractivity contribution in [2.24, 2.45) is 5.92 Å². The molecule has 0 unspecified atom stereocenters. The minimum absolute atomic E-state index is 0.0209. The largest absolute Gasteiger partial charge is 0.492 e. The molecule has 0 aromatic heterocycles. The third-order valence-electron chi connectivity index (χ3n) is 2.46. The van der Waals surface area contributed by atoms with E-state index >= 15 is 0 Å². The first-order chi connectivity index (χ1) is 7.58. The van der Waals surface area contributed by atoms with Crippen LogP contribution in [0.4, 0.5) is 5.69 Å². The number of hydrogen-bond donors (Lipinski definition) is 2. The third kappa shape index (κ3) is 2.39. The van der Waals surface area contributed by atoms with Gasteiger partial charge in [0.2, 0.25) is 0 Å². The second-order valence-electron chi connectivity index (χ2n) is 3.94. The molecule has 3 N–H and O–H groups in total. The number of carboxylic acids is 1. The minimum atomic E-state index is -1.10. The van der Waals surface area contributed by atoms with Gasteiger partial charge >= 0.3 is 5.97 Å². The lowest BCUT2D eigenvalue weighted by atomic mass is 10.2. The van der Waals surface area contributed by atoms with E-state index in [9.17, 15) is 4.79 Å². The Hall–Kier alpha value is -1.42. The van der Waals surface area contributed by atoms with Crippen LogP contribution in [0.15, 0.2) is 12.1 Å². The number of ether oxygens (including phenoxy) is 1. The van der Waals surface area contributed by atoms with Gasteiger partial charge in [-0.15, -0.1) is 0 Å². The average Bonchev–Trinajstić information content (AvgIpc) is 3.02. The van der Waals surface area contributed by atoms with Crippen LogP contribution in [0, 0.1) is 5.92 Å². The lowest BCUT2D eigenvalue weighted by Crippen LogP contribution is -2.04. The summed E-state index contributed by atoms with van der Waals surface area (Å²) in [5, 5.41) is 9.02. The monoisotopic (exact) mass is 241 g/mol. The van der Waals surface area contributed by atoms with E-state index < -0.39 is 5.97 Å². The van der Waals surface area contributed by atoms with Gasteiger partial charge in [-0.2, -0.15) is 0 Å².